The largest absolute Gasteiger partial charge is 0.349 e. The van der Waals surface area contributed by atoms with Gasteiger partial charge in [-0.3, -0.25) is 18.7 Å². The van der Waals surface area contributed by atoms with Crippen molar-refractivity contribution in [3.05, 3.63) is 63.6 Å². The fraction of sp³-hybridized carbons (Fsp3) is 0.300. The number of carbonyl (C=O) groups excluding carboxylic acids is 1. The standard InChI is InChI=1S/C20H22FN5O3S/c1-4-10-25-18(28)16-17(23-19(30-16)24(5-2)6-3)26(20(25)29)12-15(27)22-14-9-7-8-13(21)11-14/h4,7-9,11H,1,5-6,10,12H2,2-3H3,(H,22,27). The number of benzene rings is 1. The van der Waals surface area contributed by atoms with Crippen LogP contribution >= 0.6 is 11.3 Å². The van der Waals surface area contributed by atoms with E-state index in [1.54, 1.807) is 6.07 Å². The SMILES string of the molecule is C=CCn1c(=O)c2sc(N(CC)CC)nc2n(CC(=O)Nc2cccc(F)c2)c1=O. The van der Waals surface area contributed by atoms with E-state index < -0.39 is 23.0 Å². The number of anilines is 2. The predicted molar refractivity (Wildman–Crippen MR) is 117 cm³/mol. The summed E-state index contributed by atoms with van der Waals surface area (Å²) in [6, 6.07) is 5.45. The molecule has 0 bridgehead atoms. The molecular weight excluding hydrogens is 409 g/mol. The molecule has 1 aromatic carbocycles. The van der Waals surface area contributed by atoms with E-state index in [0.717, 1.165) is 4.57 Å². The van der Waals surface area contributed by atoms with Gasteiger partial charge in [-0.2, -0.15) is 0 Å². The Labute approximate surface area is 175 Å². The molecule has 0 aliphatic heterocycles. The molecule has 0 spiro atoms. The van der Waals surface area contributed by atoms with Crippen molar-refractivity contribution in [2.45, 2.75) is 26.9 Å². The summed E-state index contributed by atoms with van der Waals surface area (Å²) in [5, 5.41) is 3.16. The molecule has 1 N–H and O–H groups in total. The molecule has 0 fully saturated rings. The molecule has 0 unspecified atom stereocenters. The normalized spacial score (nSPS) is 10.9. The molecule has 0 aliphatic rings. The molecule has 2 aromatic heterocycles. The molecule has 0 saturated carbocycles. The van der Waals surface area contributed by atoms with Gasteiger partial charge in [0.2, 0.25) is 5.91 Å². The van der Waals surface area contributed by atoms with Crippen LogP contribution < -0.4 is 21.5 Å². The Hall–Kier alpha value is -3.27. The first-order valence-electron chi connectivity index (χ1n) is 9.45. The van der Waals surface area contributed by atoms with Crippen LogP contribution in [0.2, 0.25) is 0 Å². The van der Waals surface area contributed by atoms with Crippen LogP contribution in [-0.4, -0.2) is 33.1 Å². The highest BCUT2D eigenvalue weighted by Gasteiger charge is 2.20. The fourth-order valence-electron chi connectivity index (χ4n) is 3.04. The quantitative estimate of drug-likeness (QED) is 0.554. The molecule has 3 rings (SSSR count). The predicted octanol–water partition coefficient (Wildman–Crippen LogP) is 2.43. The van der Waals surface area contributed by atoms with E-state index in [1.807, 2.05) is 18.7 Å². The lowest BCUT2D eigenvalue weighted by Crippen LogP contribution is -2.41. The fourth-order valence-corrected chi connectivity index (χ4v) is 4.19. The van der Waals surface area contributed by atoms with Crippen molar-refractivity contribution in [2.75, 3.05) is 23.3 Å². The first-order valence-corrected chi connectivity index (χ1v) is 10.3. The van der Waals surface area contributed by atoms with Crippen molar-refractivity contribution < 1.29 is 9.18 Å². The summed E-state index contributed by atoms with van der Waals surface area (Å²) in [6.45, 7) is 8.52. The summed E-state index contributed by atoms with van der Waals surface area (Å²) >= 11 is 1.18. The topological polar surface area (TPSA) is 89.2 Å². The molecule has 8 nitrogen and oxygen atoms in total. The Morgan fingerprint density at radius 2 is 2.03 bits per heavy atom. The van der Waals surface area contributed by atoms with Crippen LogP contribution in [0.1, 0.15) is 13.8 Å². The minimum absolute atomic E-state index is 0.0115. The van der Waals surface area contributed by atoms with Crippen molar-refractivity contribution >= 4 is 38.4 Å². The number of fused-ring (bicyclic) bond motifs is 1. The number of amides is 1. The maximum Gasteiger partial charge on any atom is 0.333 e. The van der Waals surface area contributed by atoms with E-state index in [-0.39, 0.29) is 29.1 Å². The van der Waals surface area contributed by atoms with Gasteiger partial charge in [-0.05, 0) is 32.0 Å². The van der Waals surface area contributed by atoms with E-state index in [2.05, 4.69) is 16.9 Å². The second-order valence-electron chi connectivity index (χ2n) is 6.45. The minimum Gasteiger partial charge on any atom is -0.349 e. The number of allylic oxidation sites excluding steroid dienone is 1. The average molecular weight is 431 g/mol. The molecule has 0 atom stereocenters. The van der Waals surface area contributed by atoms with Gasteiger partial charge in [-0.15, -0.1) is 6.58 Å². The molecule has 158 valence electrons. The van der Waals surface area contributed by atoms with Crippen molar-refractivity contribution in [1.29, 1.82) is 0 Å². The van der Waals surface area contributed by atoms with Gasteiger partial charge < -0.3 is 10.2 Å². The lowest BCUT2D eigenvalue weighted by Gasteiger charge is -2.16. The van der Waals surface area contributed by atoms with Crippen LogP contribution in [0.4, 0.5) is 15.2 Å². The summed E-state index contributed by atoms with van der Waals surface area (Å²) in [5.74, 6) is -1.03. The number of halogens is 1. The highest BCUT2D eigenvalue weighted by Crippen LogP contribution is 2.25. The van der Waals surface area contributed by atoms with Crippen LogP contribution in [0.15, 0.2) is 46.5 Å². The van der Waals surface area contributed by atoms with E-state index in [4.69, 9.17) is 0 Å². The Kier molecular flexibility index (Phi) is 6.46. The summed E-state index contributed by atoms with van der Waals surface area (Å²) < 4.78 is 15.9. The zero-order chi connectivity index (χ0) is 21.8. The first kappa shape index (κ1) is 21.4. The lowest BCUT2D eigenvalue weighted by molar-refractivity contribution is -0.116. The van der Waals surface area contributed by atoms with E-state index >= 15 is 0 Å². The molecule has 1 amide bonds. The zero-order valence-electron chi connectivity index (χ0n) is 16.7. The second-order valence-corrected chi connectivity index (χ2v) is 7.43. The monoisotopic (exact) mass is 431 g/mol. The Morgan fingerprint density at radius 3 is 2.67 bits per heavy atom. The number of nitrogens with zero attached hydrogens (tertiary/aromatic N) is 4. The Morgan fingerprint density at radius 1 is 1.30 bits per heavy atom. The smallest absolute Gasteiger partial charge is 0.333 e. The zero-order valence-corrected chi connectivity index (χ0v) is 17.5. The summed E-state index contributed by atoms with van der Waals surface area (Å²) in [7, 11) is 0. The number of aromatic nitrogens is 3. The van der Waals surface area contributed by atoms with Crippen LogP contribution in [0, 0.1) is 5.82 Å². The number of thiazole rings is 1. The molecule has 3 aromatic rings. The third-order valence-electron chi connectivity index (χ3n) is 4.51. The van der Waals surface area contributed by atoms with Crippen molar-refractivity contribution in [1.82, 2.24) is 14.1 Å². The third-order valence-corrected chi connectivity index (χ3v) is 5.60. The molecule has 30 heavy (non-hydrogen) atoms. The van der Waals surface area contributed by atoms with E-state index in [1.165, 1.54) is 40.2 Å². The summed E-state index contributed by atoms with van der Waals surface area (Å²) in [5.41, 5.74) is -0.691. The lowest BCUT2D eigenvalue weighted by atomic mass is 10.3. The molecule has 0 aliphatic carbocycles. The molecule has 10 heteroatoms. The van der Waals surface area contributed by atoms with Gasteiger partial charge in [-0.1, -0.05) is 23.5 Å². The first-order chi connectivity index (χ1) is 14.4. The average Bonchev–Trinajstić information content (AvgIpc) is 3.15. The van der Waals surface area contributed by atoms with Crippen LogP contribution in [0.3, 0.4) is 0 Å². The van der Waals surface area contributed by atoms with Gasteiger partial charge >= 0.3 is 5.69 Å². The van der Waals surface area contributed by atoms with Gasteiger partial charge in [0.05, 0.1) is 0 Å². The van der Waals surface area contributed by atoms with Crippen LogP contribution in [-0.2, 0) is 17.9 Å². The maximum atomic E-state index is 13.4. The molecule has 0 saturated heterocycles. The molecule has 0 radical (unpaired) electrons. The number of nitrogens with one attached hydrogen (secondary N) is 1. The Balaban J connectivity index is 2.09. The van der Waals surface area contributed by atoms with Crippen molar-refractivity contribution in [3.8, 4) is 0 Å². The van der Waals surface area contributed by atoms with Crippen molar-refractivity contribution in [2.24, 2.45) is 0 Å². The highest BCUT2D eigenvalue weighted by molar-refractivity contribution is 7.22. The number of hydrogen-bond donors (Lipinski definition) is 1. The molecular formula is C20H22FN5O3S. The van der Waals surface area contributed by atoms with Gasteiger partial charge in [-0.25, -0.2) is 14.2 Å². The number of rotatable bonds is 8. The molecule has 2 heterocycles. The van der Waals surface area contributed by atoms with E-state index in [9.17, 15) is 18.8 Å². The van der Waals surface area contributed by atoms with Gasteiger partial charge in [0.25, 0.3) is 5.56 Å². The van der Waals surface area contributed by atoms with Gasteiger partial charge in [0.15, 0.2) is 10.8 Å². The number of hydrogen-bond acceptors (Lipinski definition) is 6. The third kappa shape index (κ3) is 4.18. The van der Waals surface area contributed by atoms with Crippen LogP contribution in [0.25, 0.3) is 10.3 Å². The van der Waals surface area contributed by atoms with Gasteiger partial charge in [0.1, 0.15) is 17.1 Å². The maximum absolute atomic E-state index is 13.4. The summed E-state index contributed by atoms with van der Waals surface area (Å²) in [6.07, 6.45) is 1.44. The number of carbonyl (C=O) groups is 1. The van der Waals surface area contributed by atoms with Crippen LogP contribution in [0.5, 0.6) is 0 Å². The highest BCUT2D eigenvalue weighted by atomic mass is 32.1. The summed E-state index contributed by atoms with van der Waals surface area (Å²) in [4.78, 5) is 44.8. The second kappa shape index (κ2) is 9.04. The van der Waals surface area contributed by atoms with Crippen molar-refractivity contribution in [3.63, 3.8) is 0 Å². The minimum atomic E-state index is -0.654. The Bertz CT molecular complexity index is 1210. The van der Waals surface area contributed by atoms with E-state index in [0.29, 0.717) is 18.2 Å². The van der Waals surface area contributed by atoms with Gasteiger partial charge in [0, 0.05) is 25.3 Å².